The molecule has 3 aromatic heterocycles. The zero-order valence-corrected chi connectivity index (χ0v) is 19.4. The number of aromatic nitrogens is 1. The SMILES string of the molecule is COC(=O)c1c(-c2ccc(Cl)cc2)csc1NC(=O)c1sc2nc3c(cc2c1N)CCC3. The Morgan fingerprint density at radius 3 is 2.75 bits per heavy atom. The second kappa shape index (κ2) is 8.20. The molecule has 0 unspecified atom stereocenters. The monoisotopic (exact) mass is 483 g/mol. The highest BCUT2D eigenvalue weighted by Gasteiger charge is 2.25. The Labute approximate surface area is 197 Å². The van der Waals surface area contributed by atoms with E-state index in [4.69, 9.17) is 27.1 Å². The fourth-order valence-electron chi connectivity index (χ4n) is 3.92. The van der Waals surface area contributed by atoms with E-state index in [9.17, 15) is 9.59 Å². The number of nitrogen functional groups attached to an aromatic ring is 1. The number of nitrogens with zero attached hydrogens (tertiary/aromatic N) is 1. The molecule has 1 aliphatic rings. The second-order valence-corrected chi connectivity index (χ2v) is 9.77. The molecule has 0 fully saturated rings. The summed E-state index contributed by atoms with van der Waals surface area (Å²) in [4.78, 5) is 31.6. The minimum atomic E-state index is -0.533. The van der Waals surface area contributed by atoms with Gasteiger partial charge in [0.2, 0.25) is 0 Å². The van der Waals surface area contributed by atoms with Gasteiger partial charge < -0.3 is 15.8 Å². The Bertz CT molecular complexity index is 1380. The topological polar surface area (TPSA) is 94.3 Å². The molecule has 3 heterocycles. The maximum atomic E-state index is 13.1. The van der Waals surface area contributed by atoms with Crippen LogP contribution in [-0.2, 0) is 17.6 Å². The third-order valence-corrected chi connectivity index (χ3v) is 7.78. The number of rotatable bonds is 4. The van der Waals surface area contributed by atoms with E-state index >= 15 is 0 Å². The number of esters is 1. The van der Waals surface area contributed by atoms with Gasteiger partial charge in [-0.15, -0.1) is 22.7 Å². The lowest BCUT2D eigenvalue weighted by atomic mass is 10.0. The molecule has 0 bridgehead atoms. The molecule has 162 valence electrons. The summed E-state index contributed by atoms with van der Waals surface area (Å²) in [5.41, 5.74) is 10.8. The highest BCUT2D eigenvalue weighted by Crippen LogP contribution is 2.39. The minimum absolute atomic E-state index is 0.296. The smallest absolute Gasteiger partial charge is 0.341 e. The first-order valence-electron chi connectivity index (χ1n) is 9.94. The lowest BCUT2D eigenvalue weighted by Gasteiger charge is -2.08. The van der Waals surface area contributed by atoms with Crippen LogP contribution in [0.5, 0.6) is 0 Å². The van der Waals surface area contributed by atoms with E-state index in [2.05, 4.69) is 11.4 Å². The van der Waals surface area contributed by atoms with Gasteiger partial charge in [-0.05, 0) is 48.6 Å². The van der Waals surface area contributed by atoms with Crippen LogP contribution in [0, 0.1) is 0 Å². The van der Waals surface area contributed by atoms with Crippen molar-refractivity contribution in [1.82, 2.24) is 4.98 Å². The van der Waals surface area contributed by atoms with E-state index in [0.717, 1.165) is 40.7 Å². The third-order valence-electron chi connectivity index (χ3n) is 5.52. The van der Waals surface area contributed by atoms with E-state index in [0.29, 0.717) is 31.7 Å². The van der Waals surface area contributed by atoms with Gasteiger partial charge in [0.05, 0.1) is 12.8 Å². The predicted molar refractivity (Wildman–Crippen MR) is 130 cm³/mol. The molecule has 5 rings (SSSR count). The summed E-state index contributed by atoms with van der Waals surface area (Å²) >= 11 is 8.51. The van der Waals surface area contributed by atoms with Crippen molar-refractivity contribution in [3.63, 3.8) is 0 Å². The van der Waals surface area contributed by atoms with Crippen LogP contribution in [0.2, 0.25) is 5.02 Å². The average molecular weight is 484 g/mol. The zero-order chi connectivity index (χ0) is 22.4. The Kier molecular flexibility index (Phi) is 5.36. The lowest BCUT2D eigenvalue weighted by Crippen LogP contribution is -2.14. The molecule has 1 amide bonds. The highest BCUT2D eigenvalue weighted by molar-refractivity contribution is 7.21. The average Bonchev–Trinajstić information content (AvgIpc) is 3.50. The summed E-state index contributed by atoms with van der Waals surface area (Å²) in [6, 6.07) is 9.18. The zero-order valence-electron chi connectivity index (χ0n) is 17.0. The van der Waals surface area contributed by atoms with Crippen molar-refractivity contribution < 1.29 is 14.3 Å². The number of thiophene rings is 2. The predicted octanol–water partition coefficient (Wildman–Crippen LogP) is 5.79. The Hall–Kier alpha value is -2.94. The quantitative estimate of drug-likeness (QED) is 0.358. The van der Waals surface area contributed by atoms with E-state index in [1.54, 1.807) is 12.1 Å². The van der Waals surface area contributed by atoms with Gasteiger partial charge in [0.25, 0.3) is 5.91 Å². The van der Waals surface area contributed by atoms with Gasteiger partial charge in [-0.25, -0.2) is 9.78 Å². The summed E-state index contributed by atoms with van der Waals surface area (Å²) in [6.45, 7) is 0. The maximum Gasteiger partial charge on any atom is 0.341 e. The number of nitrogens with two attached hydrogens (primary N) is 1. The van der Waals surface area contributed by atoms with Crippen molar-refractivity contribution in [2.24, 2.45) is 0 Å². The number of hydrogen-bond acceptors (Lipinski definition) is 7. The van der Waals surface area contributed by atoms with Crippen molar-refractivity contribution in [3.8, 4) is 11.1 Å². The fraction of sp³-hybridized carbons (Fsp3) is 0.174. The van der Waals surface area contributed by atoms with Crippen molar-refractivity contribution in [2.75, 3.05) is 18.2 Å². The lowest BCUT2D eigenvalue weighted by molar-refractivity contribution is 0.0603. The number of fused-ring (bicyclic) bond motifs is 2. The molecular weight excluding hydrogens is 466 g/mol. The number of pyridine rings is 1. The molecule has 1 aliphatic carbocycles. The van der Waals surface area contributed by atoms with Gasteiger partial charge in [0, 0.05) is 27.0 Å². The number of aryl methyl sites for hydroxylation is 2. The number of halogens is 1. The first-order valence-corrected chi connectivity index (χ1v) is 12.0. The van der Waals surface area contributed by atoms with E-state index < -0.39 is 5.97 Å². The number of carbonyl (C=O) groups excluding carboxylic acids is 2. The molecule has 6 nitrogen and oxygen atoms in total. The summed E-state index contributed by atoms with van der Waals surface area (Å²) in [5.74, 6) is -0.908. The van der Waals surface area contributed by atoms with Gasteiger partial charge >= 0.3 is 5.97 Å². The second-order valence-electron chi connectivity index (χ2n) is 7.45. The number of hydrogen-bond donors (Lipinski definition) is 2. The van der Waals surface area contributed by atoms with E-state index in [1.165, 1.54) is 35.3 Å². The van der Waals surface area contributed by atoms with Crippen LogP contribution in [-0.4, -0.2) is 24.0 Å². The molecule has 4 aromatic rings. The molecule has 0 radical (unpaired) electrons. The first-order chi connectivity index (χ1) is 15.5. The normalized spacial score (nSPS) is 12.7. The molecule has 32 heavy (non-hydrogen) atoms. The largest absolute Gasteiger partial charge is 0.465 e. The van der Waals surface area contributed by atoms with Crippen LogP contribution in [0.25, 0.3) is 21.3 Å². The molecule has 0 aliphatic heterocycles. The Morgan fingerprint density at radius 1 is 1.22 bits per heavy atom. The summed E-state index contributed by atoms with van der Waals surface area (Å²) in [6.07, 6.45) is 3.04. The molecule has 0 saturated heterocycles. The summed E-state index contributed by atoms with van der Waals surface area (Å²) < 4.78 is 4.98. The number of benzene rings is 1. The molecule has 3 N–H and O–H groups in total. The minimum Gasteiger partial charge on any atom is -0.465 e. The van der Waals surface area contributed by atoms with Crippen LogP contribution < -0.4 is 11.1 Å². The molecule has 0 saturated carbocycles. The molecule has 0 spiro atoms. The standard InChI is InChI=1S/C23H18ClN3O3S2/c1-30-23(29)17-15(11-5-7-13(24)8-6-11)10-31-22(17)27-20(28)19-18(25)14-9-12-3-2-4-16(12)26-21(14)32-19/h5-10H,2-4,25H2,1H3,(H,27,28). The van der Waals surface area contributed by atoms with Crippen molar-refractivity contribution in [1.29, 1.82) is 0 Å². The Balaban J connectivity index is 1.51. The molecule has 1 aromatic carbocycles. The van der Waals surface area contributed by atoms with Gasteiger partial charge in [-0.2, -0.15) is 0 Å². The van der Waals surface area contributed by atoms with Gasteiger partial charge in [-0.3, -0.25) is 4.79 Å². The summed E-state index contributed by atoms with van der Waals surface area (Å²) in [5, 5.41) is 6.47. The van der Waals surface area contributed by atoms with Crippen molar-refractivity contribution in [3.05, 3.63) is 62.4 Å². The Morgan fingerprint density at radius 2 is 2.00 bits per heavy atom. The van der Waals surface area contributed by atoms with Crippen LogP contribution >= 0.6 is 34.3 Å². The van der Waals surface area contributed by atoms with E-state index in [1.807, 2.05) is 17.5 Å². The van der Waals surface area contributed by atoms with Gasteiger partial charge in [0.15, 0.2) is 0 Å². The highest BCUT2D eigenvalue weighted by atomic mass is 35.5. The molecule has 0 atom stereocenters. The summed E-state index contributed by atoms with van der Waals surface area (Å²) in [7, 11) is 1.31. The number of amides is 1. The number of ether oxygens (including phenoxy) is 1. The molecule has 9 heteroatoms. The van der Waals surface area contributed by atoms with Gasteiger partial charge in [0.1, 0.15) is 20.3 Å². The van der Waals surface area contributed by atoms with Crippen LogP contribution in [0.3, 0.4) is 0 Å². The van der Waals surface area contributed by atoms with Crippen molar-refractivity contribution >= 4 is 67.1 Å². The maximum absolute atomic E-state index is 13.1. The number of carbonyl (C=O) groups is 2. The molecular formula is C23H18ClN3O3S2. The number of nitrogens with one attached hydrogen (secondary N) is 1. The van der Waals surface area contributed by atoms with Crippen LogP contribution in [0.1, 0.15) is 37.7 Å². The van der Waals surface area contributed by atoms with Crippen LogP contribution in [0.15, 0.2) is 35.7 Å². The number of methoxy groups -OCH3 is 1. The van der Waals surface area contributed by atoms with Crippen LogP contribution in [0.4, 0.5) is 10.7 Å². The van der Waals surface area contributed by atoms with E-state index in [-0.39, 0.29) is 5.91 Å². The first kappa shape index (κ1) is 20.9. The third kappa shape index (κ3) is 3.54. The number of anilines is 2. The van der Waals surface area contributed by atoms with Crippen molar-refractivity contribution in [2.45, 2.75) is 19.3 Å². The van der Waals surface area contributed by atoms with Gasteiger partial charge in [-0.1, -0.05) is 23.7 Å². The fourth-order valence-corrected chi connectivity index (χ4v) is 5.99.